The van der Waals surface area contributed by atoms with Gasteiger partial charge in [0.25, 0.3) is 11.8 Å². The minimum absolute atomic E-state index is 0.0218. The molecule has 6 nitrogen and oxygen atoms in total. The summed E-state index contributed by atoms with van der Waals surface area (Å²) >= 11 is 30.9. The SMILES string of the molecule is CC(F)(F)C(=O)NCCNC(=O)c1cc(NC(=O)C2C(c3cc(Cl)cc(Cl)c3)C2(Cl)Cl)ccc1Cl. The van der Waals surface area contributed by atoms with Crippen LogP contribution in [0.3, 0.4) is 0 Å². The van der Waals surface area contributed by atoms with Gasteiger partial charge in [-0.3, -0.25) is 14.4 Å². The molecule has 0 aliphatic heterocycles. The molecule has 0 aromatic heterocycles. The van der Waals surface area contributed by atoms with Gasteiger partial charge in [0.15, 0.2) is 0 Å². The van der Waals surface area contributed by atoms with Gasteiger partial charge in [0.05, 0.1) is 16.5 Å². The third-order valence-electron chi connectivity index (χ3n) is 5.15. The molecule has 1 aliphatic carbocycles. The Morgan fingerprint density at radius 2 is 1.57 bits per heavy atom. The second kappa shape index (κ2) is 10.6. The van der Waals surface area contributed by atoms with E-state index in [0.717, 1.165) is 0 Å². The van der Waals surface area contributed by atoms with Crippen LogP contribution in [0.15, 0.2) is 36.4 Å². The predicted molar refractivity (Wildman–Crippen MR) is 133 cm³/mol. The highest BCUT2D eigenvalue weighted by atomic mass is 35.5. The molecule has 2 aromatic rings. The summed E-state index contributed by atoms with van der Waals surface area (Å²) in [6, 6.07) is 9.02. The summed E-state index contributed by atoms with van der Waals surface area (Å²) in [6.07, 6.45) is 0. The van der Waals surface area contributed by atoms with Crippen molar-refractivity contribution in [3.63, 3.8) is 0 Å². The number of halogens is 7. The molecule has 1 saturated carbocycles. The lowest BCUT2D eigenvalue weighted by Gasteiger charge is -2.12. The zero-order valence-corrected chi connectivity index (χ0v) is 21.7. The smallest absolute Gasteiger partial charge is 0.321 e. The minimum Gasteiger partial charge on any atom is -0.350 e. The van der Waals surface area contributed by atoms with Crippen LogP contribution in [-0.2, 0) is 9.59 Å². The lowest BCUT2D eigenvalue weighted by atomic mass is 10.1. The fraction of sp³-hybridized carbons (Fsp3) is 0.318. The Morgan fingerprint density at radius 1 is 0.971 bits per heavy atom. The minimum atomic E-state index is -3.52. The molecule has 2 aromatic carbocycles. The third-order valence-corrected chi connectivity index (χ3v) is 6.86. The molecule has 0 spiro atoms. The first-order chi connectivity index (χ1) is 16.2. The molecular formula is C22H18Cl5F2N3O3. The van der Waals surface area contributed by atoms with Crippen LogP contribution in [0.25, 0.3) is 0 Å². The molecule has 2 unspecified atom stereocenters. The summed E-state index contributed by atoms with van der Waals surface area (Å²) in [5.41, 5.74) is 0.882. The Hall–Kier alpha value is -1.84. The molecule has 0 heterocycles. The van der Waals surface area contributed by atoms with Crippen molar-refractivity contribution in [2.24, 2.45) is 5.92 Å². The Balaban J connectivity index is 1.64. The number of carbonyl (C=O) groups excluding carboxylic acids is 3. The Kier molecular flexibility index (Phi) is 8.44. The highest BCUT2D eigenvalue weighted by molar-refractivity contribution is 6.53. The van der Waals surface area contributed by atoms with Crippen LogP contribution in [0.5, 0.6) is 0 Å². The molecule has 3 amide bonds. The topological polar surface area (TPSA) is 87.3 Å². The van der Waals surface area contributed by atoms with E-state index in [4.69, 9.17) is 58.0 Å². The molecule has 2 atom stereocenters. The van der Waals surface area contributed by atoms with Crippen LogP contribution >= 0.6 is 58.0 Å². The average Bonchev–Trinajstić information content (AvgIpc) is 3.33. The summed E-state index contributed by atoms with van der Waals surface area (Å²) in [4.78, 5) is 36.5. The van der Waals surface area contributed by atoms with Crippen molar-refractivity contribution in [3.8, 4) is 0 Å². The monoisotopic (exact) mass is 585 g/mol. The van der Waals surface area contributed by atoms with Gasteiger partial charge in [-0.1, -0.05) is 34.8 Å². The number of carbonyl (C=O) groups is 3. The van der Waals surface area contributed by atoms with E-state index in [-0.39, 0.29) is 29.4 Å². The zero-order chi connectivity index (χ0) is 26.1. The first kappa shape index (κ1) is 27.7. The van der Waals surface area contributed by atoms with Crippen LogP contribution in [0.1, 0.15) is 28.8 Å². The summed E-state index contributed by atoms with van der Waals surface area (Å²) < 4.78 is 24.3. The van der Waals surface area contributed by atoms with E-state index in [1.807, 2.05) is 5.32 Å². The second-order valence-corrected chi connectivity index (χ2v) is 10.6. The first-order valence-corrected chi connectivity index (χ1v) is 12.0. The van der Waals surface area contributed by atoms with Gasteiger partial charge < -0.3 is 16.0 Å². The molecule has 0 radical (unpaired) electrons. The first-order valence-electron chi connectivity index (χ1n) is 10.1. The van der Waals surface area contributed by atoms with Crippen molar-refractivity contribution in [3.05, 3.63) is 62.6 Å². The molecule has 3 N–H and O–H groups in total. The van der Waals surface area contributed by atoms with Gasteiger partial charge in [-0.05, 0) is 42.0 Å². The zero-order valence-electron chi connectivity index (χ0n) is 17.9. The molecule has 35 heavy (non-hydrogen) atoms. The summed E-state index contributed by atoms with van der Waals surface area (Å²) in [7, 11) is 0. The van der Waals surface area contributed by atoms with E-state index < -0.39 is 39.8 Å². The van der Waals surface area contributed by atoms with Crippen molar-refractivity contribution < 1.29 is 23.2 Å². The molecule has 13 heteroatoms. The van der Waals surface area contributed by atoms with Crippen molar-refractivity contribution >= 4 is 81.4 Å². The van der Waals surface area contributed by atoms with E-state index in [9.17, 15) is 23.2 Å². The number of alkyl halides is 4. The molecular weight excluding hydrogens is 570 g/mol. The highest BCUT2D eigenvalue weighted by Gasteiger charge is 2.67. The Labute approximate surface area is 224 Å². The van der Waals surface area contributed by atoms with Gasteiger partial charge >= 0.3 is 5.92 Å². The number of hydrogen-bond donors (Lipinski definition) is 3. The molecule has 188 valence electrons. The van der Waals surface area contributed by atoms with E-state index in [0.29, 0.717) is 22.5 Å². The maximum atomic E-state index is 12.9. The fourth-order valence-electron chi connectivity index (χ4n) is 3.42. The van der Waals surface area contributed by atoms with Crippen LogP contribution in [0, 0.1) is 5.92 Å². The van der Waals surface area contributed by atoms with Gasteiger partial charge in [0, 0.05) is 41.7 Å². The lowest BCUT2D eigenvalue weighted by molar-refractivity contribution is -0.142. The predicted octanol–water partition coefficient (Wildman–Crippen LogP) is 5.67. The van der Waals surface area contributed by atoms with E-state index >= 15 is 0 Å². The van der Waals surface area contributed by atoms with Gasteiger partial charge in [-0.15, -0.1) is 23.2 Å². The number of hydrogen-bond acceptors (Lipinski definition) is 3. The van der Waals surface area contributed by atoms with Crippen molar-refractivity contribution in [1.82, 2.24) is 10.6 Å². The van der Waals surface area contributed by atoms with Gasteiger partial charge in [0.1, 0.15) is 4.33 Å². The van der Waals surface area contributed by atoms with Crippen LogP contribution in [0.4, 0.5) is 14.5 Å². The highest BCUT2D eigenvalue weighted by Crippen LogP contribution is 2.65. The van der Waals surface area contributed by atoms with Gasteiger partial charge in [-0.25, -0.2) is 0 Å². The second-order valence-electron chi connectivity index (χ2n) is 7.92. The van der Waals surface area contributed by atoms with Gasteiger partial charge in [-0.2, -0.15) is 8.78 Å². The molecule has 0 bridgehead atoms. The maximum Gasteiger partial charge on any atom is 0.321 e. The fourth-order valence-corrected chi connectivity index (χ4v) is 5.00. The maximum absolute atomic E-state index is 12.9. The normalized spacial score (nSPS) is 18.5. The molecule has 1 aliphatic rings. The van der Waals surface area contributed by atoms with Crippen LogP contribution in [-0.4, -0.2) is 41.1 Å². The average molecular weight is 588 g/mol. The molecule has 3 rings (SSSR count). The number of benzene rings is 2. The van der Waals surface area contributed by atoms with Crippen molar-refractivity contribution in [2.75, 3.05) is 18.4 Å². The summed E-state index contributed by atoms with van der Waals surface area (Å²) in [5.74, 6) is -7.47. The number of rotatable bonds is 8. The van der Waals surface area contributed by atoms with Gasteiger partial charge in [0.2, 0.25) is 5.91 Å². The number of amides is 3. The lowest BCUT2D eigenvalue weighted by Crippen LogP contribution is -2.41. The molecule has 0 saturated heterocycles. The van der Waals surface area contributed by atoms with Crippen molar-refractivity contribution in [2.45, 2.75) is 23.1 Å². The number of nitrogens with one attached hydrogen (secondary N) is 3. The summed E-state index contributed by atoms with van der Waals surface area (Å²) in [5, 5.41) is 7.94. The van der Waals surface area contributed by atoms with E-state index in [1.54, 1.807) is 18.2 Å². The largest absolute Gasteiger partial charge is 0.350 e. The van der Waals surface area contributed by atoms with Crippen molar-refractivity contribution in [1.29, 1.82) is 0 Å². The quantitative estimate of drug-likeness (QED) is 0.275. The third kappa shape index (κ3) is 6.68. The number of anilines is 1. The standard InChI is InChI=1S/C22H18Cl5F2N3O3/c1-21(28,29)20(35)31-5-4-30-18(33)14-9-13(2-3-15(14)25)32-19(34)17-16(22(17,26)27)10-6-11(23)8-12(24)7-10/h2-3,6-9,16-17H,4-5H2,1H3,(H,30,33)(H,31,35)(H,32,34). The Morgan fingerprint density at radius 3 is 2.17 bits per heavy atom. The van der Waals surface area contributed by atoms with Crippen LogP contribution < -0.4 is 16.0 Å². The van der Waals surface area contributed by atoms with E-state index in [1.165, 1.54) is 18.2 Å². The summed E-state index contributed by atoms with van der Waals surface area (Å²) in [6.45, 7) is 0.125. The van der Waals surface area contributed by atoms with E-state index in [2.05, 4.69) is 10.6 Å². The van der Waals surface area contributed by atoms with Crippen LogP contribution in [0.2, 0.25) is 15.1 Å². The Bertz CT molecular complexity index is 1150. The molecule has 1 fully saturated rings.